The van der Waals surface area contributed by atoms with Crippen molar-refractivity contribution >= 4 is 67.9 Å². The van der Waals surface area contributed by atoms with Crippen LogP contribution < -0.4 is 16.0 Å². The number of rotatable bonds is 6. The Morgan fingerprint density at radius 3 is 2.24 bits per heavy atom. The average Bonchev–Trinajstić information content (AvgIpc) is 3.46. The van der Waals surface area contributed by atoms with Gasteiger partial charge in [0.25, 0.3) is 0 Å². The fraction of sp³-hybridized carbons (Fsp3) is 0.364. The number of amides is 1. The largest absolute Gasteiger partial charge is 0.458 e. The summed E-state index contributed by atoms with van der Waals surface area (Å²) in [6.07, 6.45) is -3.65. The summed E-state index contributed by atoms with van der Waals surface area (Å²) in [5.41, 5.74) is 4.58. The van der Waals surface area contributed by atoms with Crippen molar-refractivity contribution < 1.29 is 53.7 Å². The first kappa shape index (κ1) is 41.0. The number of sulfonamides is 1. The molecule has 2 aliphatic heterocycles. The molecule has 1 fully saturated rings. The third-order valence-electron chi connectivity index (χ3n) is 8.45. The zero-order valence-electron chi connectivity index (χ0n) is 28.8. The van der Waals surface area contributed by atoms with Crippen LogP contribution in [0.25, 0.3) is 0 Å². The number of nitrogens with zero attached hydrogens (tertiary/aromatic N) is 5. The number of halogens is 7. The summed E-state index contributed by atoms with van der Waals surface area (Å²) in [5.74, 6) is -5.73. The van der Waals surface area contributed by atoms with Crippen molar-refractivity contribution in [3.05, 3.63) is 70.5 Å². The molecule has 3 N–H and O–H groups in total. The van der Waals surface area contributed by atoms with Crippen molar-refractivity contribution in [3.8, 4) is 0 Å². The highest BCUT2D eigenvalue weighted by Gasteiger charge is 2.54. The molecule has 0 spiro atoms. The molecule has 294 valence electrons. The molecule has 0 aliphatic carbocycles. The summed E-state index contributed by atoms with van der Waals surface area (Å²) in [6, 6.07) is 7.71. The molecule has 1 aromatic carbocycles. The van der Waals surface area contributed by atoms with Crippen LogP contribution in [0.4, 0.5) is 55.2 Å². The lowest BCUT2D eigenvalue weighted by atomic mass is 9.94. The third-order valence-corrected chi connectivity index (χ3v) is 10.9. The molecule has 3 aromatic heterocycles. The summed E-state index contributed by atoms with van der Waals surface area (Å²) >= 11 is 6.37. The lowest BCUT2D eigenvalue weighted by Gasteiger charge is -2.30. The van der Waals surface area contributed by atoms with Gasteiger partial charge in [-0.3, -0.25) is 19.4 Å². The summed E-state index contributed by atoms with van der Waals surface area (Å²) in [7, 11) is -3.70. The summed E-state index contributed by atoms with van der Waals surface area (Å²) < 4.78 is 99.8. The second kappa shape index (κ2) is 16.3. The number of hydrogen-bond acceptors (Lipinski definition) is 12. The quantitative estimate of drug-likeness (QED) is 0.144. The van der Waals surface area contributed by atoms with E-state index in [4.69, 9.17) is 16.1 Å². The molecule has 5 heterocycles. The highest BCUT2D eigenvalue weighted by Crippen LogP contribution is 2.32. The van der Waals surface area contributed by atoms with Crippen LogP contribution in [0.2, 0.25) is 5.02 Å². The zero-order chi connectivity index (χ0) is 40.3. The number of hydrogen-bond donors (Lipinski definition) is 3. The monoisotopic (exact) mass is 816 g/mol. The van der Waals surface area contributed by atoms with E-state index in [1.165, 1.54) is 10.5 Å². The maximum atomic E-state index is 13.2. The van der Waals surface area contributed by atoms with Crippen LogP contribution in [-0.2, 0) is 37.2 Å². The predicted molar refractivity (Wildman–Crippen MR) is 185 cm³/mol. The fourth-order valence-corrected chi connectivity index (χ4v) is 7.70. The van der Waals surface area contributed by atoms with Crippen molar-refractivity contribution in [2.75, 3.05) is 29.0 Å². The molecular weight excluding hydrogens is 786 g/mol. The van der Waals surface area contributed by atoms with Crippen molar-refractivity contribution in [1.82, 2.24) is 24.4 Å². The van der Waals surface area contributed by atoms with Gasteiger partial charge in [-0.2, -0.15) is 35.6 Å². The van der Waals surface area contributed by atoms with E-state index < -0.39 is 33.9 Å². The summed E-state index contributed by atoms with van der Waals surface area (Å²) in [5, 5.41) is 13.7. The number of carbonyl (C=O) groups is 3. The van der Waals surface area contributed by atoms with Crippen molar-refractivity contribution in [3.63, 3.8) is 0 Å². The lowest BCUT2D eigenvalue weighted by Crippen LogP contribution is -2.39. The second-order valence-corrected chi connectivity index (χ2v) is 14.8. The van der Waals surface area contributed by atoms with E-state index in [-0.39, 0.29) is 22.5 Å². The molecule has 6 rings (SSSR count). The Kier molecular flexibility index (Phi) is 12.2. The van der Waals surface area contributed by atoms with Crippen LogP contribution in [0.3, 0.4) is 0 Å². The smallest absolute Gasteiger partial charge is 0.360 e. The first-order chi connectivity index (χ1) is 25.7. The summed E-state index contributed by atoms with van der Waals surface area (Å²) in [6.45, 7) is 3.90. The van der Waals surface area contributed by atoms with Crippen molar-refractivity contribution in [2.45, 2.75) is 63.2 Å². The Hall–Kier alpha value is -5.15. The van der Waals surface area contributed by atoms with Crippen molar-refractivity contribution in [2.24, 2.45) is 5.92 Å². The molecule has 0 radical (unpaired) electrons. The van der Waals surface area contributed by atoms with Crippen LogP contribution in [0.5, 0.6) is 0 Å². The number of aryl methyl sites for hydroxylation is 4. The minimum absolute atomic E-state index is 0.0672. The van der Waals surface area contributed by atoms with Gasteiger partial charge in [0.05, 0.1) is 18.1 Å². The normalized spacial score (nSPS) is 15.1. The number of anilines is 5. The number of piperidine rings is 1. The first-order valence-corrected chi connectivity index (χ1v) is 18.1. The Morgan fingerprint density at radius 2 is 1.62 bits per heavy atom. The van der Waals surface area contributed by atoms with E-state index in [1.807, 2.05) is 30.5 Å². The molecule has 0 unspecified atom stereocenters. The standard InChI is InChI=1S/C29H31ClN8O4S.C4F6O2/c1-17-27(18(2)42-37-17)43(40,41)38-9-7-19(8-10-38)12-26(39)35-25-6-5-22-13-21(25)4-3-20-11-23(15-31-14-20)34-29-32-16-24(30)28(33-22)36-29;5-3(6,7)1(11)2(12)4(8,9)10/h5-6,11,13-16,19H,3-4,7-10,12H2,1-2H3,(H,35,39)(H2,32,33,34,36);. The van der Waals surface area contributed by atoms with E-state index in [0.717, 1.165) is 28.2 Å². The Balaban J connectivity index is 0.000000418. The lowest BCUT2D eigenvalue weighted by molar-refractivity contribution is -0.193. The minimum atomic E-state index is -5.77. The van der Waals surface area contributed by atoms with Crippen LogP contribution >= 0.6 is 11.6 Å². The SMILES string of the molecule is Cc1noc(C)c1S(=O)(=O)N1CCC(CC(=O)Nc2ccc3cc2CCc2cncc(c2)Nc2ncc(Cl)c(n2)N3)CC1.O=C(C(=O)C(F)(F)F)C(F)(F)F. The molecule has 0 atom stereocenters. The molecule has 1 amide bonds. The number of benzene rings is 1. The Bertz CT molecular complexity index is 2170. The van der Waals surface area contributed by atoms with E-state index in [0.29, 0.717) is 67.7 Å². The maximum absolute atomic E-state index is 13.2. The Labute approximate surface area is 314 Å². The van der Waals surface area contributed by atoms with Crippen LogP contribution in [0.1, 0.15) is 41.8 Å². The molecule has 22 heteroatoms. The van der Waals surface area contributed by atoms with E-state index in [1.54, 1.807) is 20.0 Å². The molecule has 55 heavy (non-hydrogen) atoms. The van der Waals surface area contributed by atoms with Crippen LogP contribution in [0.15, 0.2) is 52.3 Å². The highest BCUT2D eigenvalue weighted by molar-refractivity contribution is 7.89. The van der Waals surface area contributed by atoms with Gasteiger partial charge in [-0.25, -0.2) is 13.4 Å². The predicted octanol–water partition coefficient (Wildman–Crippen LogP) is 6.39. The molecule has 0 saturated carbocycles. The first-order valence-electron chi connectivity index (χ1n) is 16.3. The molecule has 6 bridgehead atoms. The second-order valence-electron chi connectivity index (χ2n) is 12.5. The third kappa shape index (κ3) is 10.1. The number of ketones is 2. The number of Topliss-reactive ketones (excluding diaryl/α,β-unsaturated/α-hetero) is 2. The Morgan fingerprint density at radius 1 is 0.945 bits per heavy atom. The molecule has 1 saturated heterocycles. The fourth-order valence-electron chi connectivity index (χ4n) is 5.80. The maximum Gasteiger partial charge on any atom is 0.458 e. The van der Waals surface area contributed by atoms with Crippen LogP contribution in [-0.4, -0.2) is 75.7 Å². The zero-order valence-corrected chi connectivity index (χ0v) is 30.4. The highest BCUT2D eigenvalue weighted by atomic mass is 35.5. The number of pyridine rings is 1. The van der Waals surface area contributed by atoms with Gasteiger partial charge >= 0.3 is 23.9 Å². The van der Waals surface area contributed by atoms with Crippen LogP contribution in [0, 0.1) is 19.8 Å². The topological polar surface area (TPSA) is 189 Å². The van der Waals surface area contributed by atoms with Gasteiger partial charge in [0.1, 0.15) is 15.6 Å². The number of nitrogens with one attached hydrogen (secondary N) is 3. The molecular formula is C33H31ClF6N8O6S. The number of carbonyl (C=O) groups excluding carboxylic acids is 3. The number of fused-ring (bicyclic) bond motifs is 6. The minimum Gasteiger partial charge on any atom is -0.360 e. The van der Waals surface area contributed by atoms with Gasteiger partial charge in [0.2, 0.25) is 21.9 Å². The van der Waals surface area contributed by atoms with Gasteiger partial charge in [-0.1, -0.05) is 16.8 Å². The van der Waals surface area contributed by atoms with Gasteiger partial charge < -0.3 is 20.5 Å². The molecule has 4 aromatic rings. The van der Waals surface area contributed by atoms with E-state index in [2.05, 4.69) is 36.1 Å². The van der Waals surface area contributed by atoms with Gasteiger partial charge in [0, 0.05) is 37.1 Å². The number of aromatic nitrogens is 4. The number of alkyl halides is 6. The van der Waals surface area contributed by atoms with Gasteiger partial charge in [-0.05, 0) is 80.8 Å². The molecule has 2 aliphatic rings. The van der Waals surface area contributed by atoms with Crippen molar-refractivity contribution in [1.29, 1.82) is 0 Å². The molecule has 14 nitrogen and oxygen atoms in total. The average molecular weight is 817 g/mol. The van der Waals surface area contributed by atoms with E-state index in [9.17, 15) is 49.1 Å². The van der Waals surface area contributed by atoms with E-state index >= 15 is 0 Å². The van der Waals surface area contributed by atoms with Gasteiger partial charge in [0.15, 0.2) is 11.6 Å². The van der Waals surface area contributed by atoms with Gasteiger partial charge in [-0.15, -0.1) is 0 Å². The summed E-state index contributed by atoms with van der Waals surface area (Å²) in [4.78, 5) is 45.7.